The van der Waals surface area contributed by atoms with Crippen molar-refractivity contribution in [2.24, 2.45) is 0 Å². The van der Waals surface area contributed by atoms with Crippen LogP contribution in [0.2, 0.25) is 0 Å². The fraction of sp³-hybridized carbons (Fsp3) is 0.0392. The number of rotatable bonds is 7. The summed E-state index contributed by atoms with van der Waals surface area (Å²) in [6.45, 7) is 4.37. The Bertz CT molecular complexity index is 3090. The van der Waals surface area contributed by atoms with Gasteiger partial charge in [0.15, 0.2) is 12.9 Å². The zero-order chi connectivity index (χ0) is 38.0. The van der Waals surface area contributed by atoms with E-state index in [9.17, 15) is 0 Å². The summed E-state index contributed by atoms with van der Waals surface area (Å²) >= 11 is 0. The molecule has 0 spiro atoms. The second-order valence-electron chi connectivity index (χ2n) is 14.9. The Morgan fingerprint density at radius 3 is 2.05 bits per heavy atom. The molecule has 0 atom stereocenters. The van der Waals surface area contributed by atoms with Gasteiger partial charge in [-0.25, -0.2) is 4.98 Å². The number of para-hydroxylation sites is 3. The first-order valence-corrected chi connectivity index (χ1v) is 19.4. The van der Waals surface area contributed by atoms with E-state index in [4.69, 9.17) is 9.40 Å². The van der Waals surface area contributed by atoms with Crippen LogP contribution in [0.25, 0.3) is 61.2 Å². The summed E-state index contributed by atoms with van der Waals surface area (Å²) < 4.78 is 8.87. The van der Waals surface area contributed by atoms with Gasteiger partial charge in [-0.1, -0.05) is 108 Å². The van der Waals surface area contributed by atoms with Crippen LogP contribution in [0.1, 0.15) is 11.1 Å². The van der Waals surface area contributed by atoms with Crippen LogP contribution in [-0.4, -0.2) is 16.8 Å². The van der Waals surface area contributed by atoms with E-state index in [1.165, 1.54) is 38.4 Å². The minimum Gasteiger partial charge on any atom is -0.436 e. The van der Waals surface area contributed by atoms with Crippen LogP contribution in [0.4, 0.5) is 28.4 Å². The molecular weight excluding hydrogens is 695 g/mol. The molecule has 57 heavy (non-hydrogen) atoms. The predicted octanol–water partition coefficient (Wildman–Crippen LogP) is 12.1. The van der Waals surface area contributed by atoms with E-state index in [1.54, 1.807) is 0 Å². The van der Waals surface area contributed by atoms with Crippen molar-refractivity contribution in [3.05, 3.63) is 187 Å². The van der Waals surface area contributed by atoms with Gasteiger partial charge in [-0.05, 0) is 109 Å². The predicted molar refractivity (Wildman–Crippen MR) is 238 cm³/mol. The van der Waals surface area contributed by atoms with Crippen LogP contribution in [0, 0.1) is 13.8 Å². The molecule has 1 aliphatic heterocycles. The molecule has 2 aromatic heterocycles. The Morgan fingerprint density at radius 1 is 0.632 bits per heavy atom. The summed E-state index contributed by atoms with van der Waals surface area (Å²) in [5.41, 5.74) is 18.3. The third kappa shape index (κ3) is 5.52. The number of oxazole rings is 1. The first-order valence-electron chi connectivity index (χ1n) is 19.4. The summed E-state index contributed by atoms with van der Waals surface area (Å²) in [4.78, 5) is 7.29. The van der Waals surface area contributed by atoms with Crippen LogP contribution < -0.4 is 21.1 Å². The molecule has 0 saturated carbocycles. The lowest BCUT2D eigenvalue weighted by Crippen LogP contribution is -2.37. The number of hydrogen-bond acceptors (Lipinski definition) is 4. The number of nitrogens with one attached hydrogen (secondary N) is 1. The number of aromatic nitrogens is 2. The van der Waals surface area contributed by atoms with E-state index in [0.717, 1.165) is 67.4 Å². The number of benzene rings is 8. The van der Waals surface area contributed by atoms with Gasteiger partial charge in [-0.2, -0.15) is 0 Å². The van der Waals surface area contributed by atoms with Gasteiger partial charge in [0.25, 0.3) is 0 Å². The second kappa shape index (κ2) is 13.2. The monoisotopic (exact) mass is 731 g/mol. The molecule has 8 aromatic carbocycles. The maximum atomic E-state index is 6.43. The molecule has 0 saturated heterocycles. The smallest absolute Gasteiger partial charge is 0.227 e. The van der Waals surface area contributed by atoms with E-state index in [2.05, 4.69) is 182 Å². The molecule has 0 bridgehead atoms. The fourth-order valence-electron chi connectivity index (χ4n) is 8.56. The summed E-state index contributed by atoms with van der Waals surface area (Å²) in [6.07, 6.45) is 0. The van der Waals surface area contributed by atoms with Crippen LogP contribution in [0.3, 0.4) is 0 Å². The maximum absolute atomic E-state index is 6.43. The quantitative estimate of drug-likeness (QED) is 0.166. The normalized spacial score (nSPS) is 11.8. The van der Waals surface area contributed by atoms with Crippen molar-refractivity contribution >= 4 is 79.5 Å². The van der Waals surface area contributed by atoms with E-state index < -0.39 is 0 Å². The Balaban J connectivity index is 1.15. The van der Waals surface area contributed by atoms with Gasteiger partial charge in [0, 0.05) is 61.5 Å². The van der Waals surface area contributed by atoms with Crippen molar-refractivity contribution in [2.45, 2.75) is 13.8 Å². The summed E-state index contributed by atoms with van der Waals surface area (Å²) in [5, 5.41) is 6.37. The largest absolute Gasteiger partial charge is 0.436 e. The standard InChI is InChI=1S/C51H36BN4O/c1-32-22-24-35(25-23-32)53-43-29-38(55(36-16-8-4-9-17-36)37-18-10-5-11-19-37)26-27-39(43)41-28-33(2)48-40-20-12-13-21-45(40)56-46-31-44-47(30-42(46)52-49(41)50(48)56)57-51(54-44)34-14-6-3-7-15-34/h3-31,53H,1-2H3. The Kier molecular flexibility index (Phi) is 7.64. The van der Waals surface area contributed by atoms with Crippen molar-refractivity contribution < 1.29 is 4.42 Å². The number of anilines is 5. The lowest BCUT2D eigenvalue weighted by Gasteiger charge is -2.28. The Hall–Kier alpha value is -7.31. The third-order valence-corrected chi connectivity index (χ3v) is 11.2. The fourth-order valence-corrected chi connectivity index (χ4v) is 8.56. The minimum atomic E-state index is 0.622. The molecule has 10 aromatic rings. The highest BCUT2D eigenvalue weighted by molar-refractivity contribution is 6.73. The first-order chi connectivity index (χ1) is 28.1. The molecule has 1 aliphatic rings. The second-order valence-corrected chi connectivity index (χ2v) is 14.9. The van der Waals surface area contributed by atoms with Crippen LogP contribution >= 0.6 is 0 Å². The molecule has 0 unspecified atom stereocenters. The topological polar surface area (TPSA) is 46.2 Å². The third-order valence-electron chi connectivity index (χ3n) is 11.2. The van der Waals surface area contributed by atoms with Crippen LogP contribution in [0.15, 0.2) is 180 Å². The van der Waals surface area contributed by atoms with E-state index in [1.807, 2.05) is 30.3 Å². The van der Waals surface area contributed by atoms with Crippen molar-refractivity contribution in [1.82, 2.24) is 9.55 Å². The van der Waals surface area contributed by atoms with E-state index in [-0.39, 0.29) is 0 Å². The Morgan fingerprint density at radius 2 is 1.32 bits per heavy atom. The van der Waals surface area contributed by atoms with Crippen molar-refractivity contribution in [1.29, 1.82) is 0 Å². The first kappa shape index (κ1) is 33.1. The molecule has 1 N–H and O–H groups in total. The highest BCUT2D eigenvalue weighted by Crippen LogP contribution is 2.43. The van der Waals surface area contributed by atoms with Gasteiger partial charge < -0.3 is 19.2 Å². The van der Waals surface area contributed by atoms with Crippen molar-refractivity contribution in [2.75, 3.05) is 10.2 Å². The number of nitrogens with zero attached hydrogens (tertiary/aromatic N) is 3. The lowest BCUT2D eigenvalue weighted by molar-refractivity contribution is 0.620. The van der Waals surface area contributed by atoms with Gasteiger partial charge in [-0.15, -0.1) is 0 Å². The molecule has 269 valence electrons. The zero-order valence-corrected chi connectivity index (χ0v) is 31.6. The SMILES string of the molecule is Cc1ccc(Nc2cc(N(c3ccccc3)c3ccccc3)ccc2-c2cc(C)c3c4ccccc4n4c3c2[B]c2cc3oc(-c5ccccc5)nc3cc2-4)cc1. The molecule has 3 heterocycles. The molecule has 5 nitrogen and oxygen atoms in total. The lowest BCUT2D eigenvalue weighted by atomic mass is 9.58. The average Bonchev–Trinajstić information content (AvgIpc) is 3.84. The maximum Gasteiger partial charge on any atom is 0.227 e. The zero-order valence-electron chi connectivity index (χ0n) is 31.6. The highest BCUT2D eigenvalue weighted by atomic mass is 16.3. The van der Waals surface area contributed by atoms with Crippen molar-refractivity contribution in [3.63, 3.8) is 0 Å². The number of aryl methyl sites for hydroxylation is 2. The number of hydrogen-bond donors (Lipinski definition) is 1. The van der Waals surface area contributed by atoms with Crippen LogP contribution in [-0.2, 0) is 0 Å². The Labute approximate surface area is 331 Å². The molecule has 0 fully saturated rings. The number of fused-ring (bicyclic) bond motifs is 6. The highest BCUT2D eigenvalue weighted by Gasteiger charge is 2.29. The summed E-state index contributed by atoms with van der Waals surface area (Å²) in [6, 6.07) is 62.2. The summed E-state index contributed by atoms with van der Waals surface area (Å²) in [5.74, 6) is 0.622. The van der Waals surface area contributed by atoms with Gasteiger partial charge >= 0.3 is 0 Å². The summed E-state index contributed by atoms with van der Waals surface area (Å²) in [7, 11) is 2.35. The average molecular weight is 732 g/mol. The minimum absolute atomic E-state index is 0.622. The van der Waals surface area contributed by atoms with E-state index in [0.29, 0.717) is 5.89 Å². The van der Waals surface area contributed by atoms with Crippen molar-refractivity contribution in [3.8, 4) is 28.3 Å². The van der Waals surface area contributed by atoms with Gasteiger partial charge in [0.1, 0.15) is 5.52 Å². The van der Waals surface area contributed by atoms with Gasteiger partial charge in [0.2, 0.25) is 5.89 Å². The molecule has 11 rings (SSSR count). The molecule has 0 aliphatic carbocycles. The molecular formula is C51H36BN4O. The van der Waals surface area contributed by atoms with Gasteiger partial charge in [0.05, 0.1) is 5.52 Å². The van der Waals surface area contributed by atoms with Gasteiger partial charge in [-0.3, -0.25) is 0 Å². The molecule has 1 radical (unpaired) electrons. The molecule has 0 amide bonds. The van der Waals surface area contributed by atoms with Crippen LogP contribution in [0.5, 0.6) is 0 Å². The van der Waals surface area contributed by atoms with E-state index >= 15 is 0 Å². The molecule has 6 heteroatoms.